The Morgan fingerprint density at radius 2 is 1.65 bits per heavy atom. The Labute approximate surface area is 160 Å². The van der Waals surface area contributed by atoms with E-state index in [0.717, 1.165) is 17.5 Å². The zero-order valence-electron chi connectivity index (χ0n) is 15.3. The minimum atomic E-state index is -0.485. The van der Waals surface area contributed by atoms with Crippen LogP contribution in [0.15, 0.2) is 54.6 Å². The minimum absolute atomic E-state index is 0.0513. The maximum absolute atomic E-state index is 12.6. The van der Waals surface area contributed by atoms with Crippen molar-refractivity contribution in [1.82, 2.24) is 0 Å². The molecule has 4 heteroatoms. The molecule has 0 aromatic heterocycles. The van der Waals surface area contributed by atoms with Crippen molar-refractivity contribution in [2.75, 3.05) is 0 Å². The molecule has 0 aliphatic heterocycles. The minimum Gasteiger partial charge on any atom is -0.461 e. The molecule has 2 atom stereocenters. The third-order valence-corrected chi connectivity index (χ3v) is 4.81. The van der Waals surface area contributed by atoms with Gasteiger partial charge in [-0.3, -0.25) is 9.59 Å². The van der Waals surface area contributed by atoms with E-state index in [4.69, 9.17) is 16.3 Å². The summed E-state index contributed by atoms with van der Waals surface area (Å²) in [5.74, 6) is -0.769. The molecule has 138 valence electrons. The monoisotopic (exact) mass is 372 g/mol. The van der Waals surface area contributed by atoms with Crippen LogP contribution in [0.25, 0.3) is 0 Å². The summed E-state index contributed by atoms with van der Waals surface area (Å²) in [7, 11) is 0. The summed E-state index contributed by atoms with van der Waals surface area (Å²) < 4.78 is 5.48. The lowest BCUT2D eigenvalue weighted by atomic mass is 9.89. The van der Waals surface area contributed by atoms with Gasteiger partial charge in [0.25, 0.3) is 0 Å². The van der Waals surface area contributed by atoms with Crippen LogP contribution >= 0.6 is 11.6 Å². The molecule has 2 aromatic rings. The fraction of sp³-hybridized carbons (Fsp3) is 0.364. The van der Waals surface area contributed by atoms with Crippen molar-refractivity contribution >= 4 is 23.4 Å². The van der Waals surface area contributed by atoms with Crippen molar-refractivity contribution in [3.8, 4) is 0 Å². The van der Waals surface area contributed by atoms with Gasteiger partial charge >= 0.3 is 5.97 Å². The van der Waals surface area contributed by atoms with Crippen LogP contribution in [0.5, 0.6) is 0 Å². The molecule has 2 rings (SSSR count). The number of Topliss-reactive ketones (excluding diaryl/α,β-unsaturated/α-hetero) is 1. The molecule has 26 heavy (non-hydrogen) atoms. The number of hydrogen-bond donors (Lipinski definition) is 0. The highest BCUT2D eigenvalue weighted by Gasteiger charge is 2.25. The van der Waals surface area contributed by atoms with Gasteiger partial charge in [-0.15, -0.1) is 0 Å². The lowest BCUT2D eigenvalue weighted by molar-refractivity contribution is -0.151. The molecule has 0 radical (unpaired) electrons. The summed E-state index contributed by atoms with van der Waals surface area (Å²) in [5, 5.41) is 0.646. The molecule has 3 nitrogen and oxygen atoms in total. The molecule has 0 amide bonds. The summed E-state index contributed by atoms with van der Waals surface area (Å²) in [6, 6.07) is 16.9. The zero-order valence-corrected chi connectivity index (χ0v) is 16.0. The van der Waals surface area contributed by atoms with Gasteiger partial charge in [-0.1, -0.05) is 67.9 Å². The second-order valence-electron chi connectivity index (χ2n) is 6.60. The fourth-order valence-corrected chi connectivity index (χ4v) is 2.79. The summed E-state index contributed by atoms with van der Waals surface area (Å²) in [4.78, 5) is 25.0. The second kappa shape index (κ2) is 10.1. The van der Waals surface area contributed by atoms with Gasteiger partial charge in [-0.2, -0.15) is 0 Å². The smallest absolute Gasteiger partial charge is 0.310 e. The molecular weight excluding hydrogens is 348 g/mol. The fourth-order valence-electron chi connectivity index (χ4n) is 2.66. The maximum atomic E-state index is 12.6. The molecule has 0 heterocycles. The normalized spacial score (nSPS) is 13.0. The summed E-state index contributed by atoms with van der Waals surface area (Å²) >= 11 is 5.93. The van der Waals surface area contributed by atoms with Crippen LogP contribution in [0.2, 0.25) is 5.02 Å². The van der Waals surface area contributed by atoms with Gasteiger partial charge < -0.3 is 4.74 Å². The predicted molar refractivity (Wildman–Crippen MR) is 104 cm³/mol. The van der Waals surface area contributed by atoms with E-state index in [1.807, 2.05) is 56.3 Å². The number of hydrogen-bond acceptors (Lipinski definition) is 3. The highest BCUT2D eigenvalue weighted by atomic mass is 35.5. The van der Waals surface area contributed by atoms with Crippen LogP contribution in [0.4, 0.5) is 0 Å². The van der Waals surface area contributed by atoms with E-state index < -0.39 is 5.92 Å². The summed E-state index contributed by atoms with van der Waals surface area (Å²) in [6.45, 7) is 4.09. The molecule has 0 saturated heterocycles. The van der Waals surface area contributed by atoms with Crippen LogP contribution < -0.4 is 0 Å². The standard InChI is InChI=1S/C22H25ClO3/c1-3-16(2)21(24)14-19(13-17-9-11-20(23)12-10-17)22(25)26-15-18-7-5-4-6-8-18/h4-12,16,19H,3,13-15H2,1-2H3/t16-,19-/m0/s1. The number of carbonyl (C=O) groups is 2. The van der Waals surface area contributed by atoms with Gasteiger partial charge in [-0.25, -0.2) is 0 Å². The second-order valence-corrected chi connectivity index (χ2v) is 7.04. The van der Waals surface area contributed by atoms with E-state index >= 15 is 0 Å². The average Bonchev–Trinajstić information content (AvgIpc) is 2.67. The number of rotatable bonds is 9. The third kappa shape index (κ3) is 6.30. The van der Waals surface area contributed by atoms with Crippen LogP contribution in [-0.2, 0) is 27.4 Å². The van der Waals surface area contributed by atoms with E-state index in [-0.39, 0.29) is 30.7 Å². The van der Waals surface area contributed by atoms with Gasteiger partial charge in [0.05, 0.1) is 5.92 Å². The number of ketones is 1. The van der Waals surface area contributed by atoms with Crippen LogP contribution in [0.3, 0.4) is 0 Å². The van der Waals surface area contributed by atoms with E-state index in [2.05, 4.69) is 0 Å². The van der Waals surface area contributed by atoms with E-state index in [9.17, 15) is 9.59 Å². The molecule has 0 fully saturated rings. The molecule has 2 aromatic carbocycles. The van der Waals surface area contributed by atoms with Gasteiger partial charge in [0.2, 0.25) is 0 Å². The lowest BCUT2D eigenvalue weighted by Crippen LogP contribution is -2.25. The lowest BCUT2D eigenvalue weighted by Gasteiger charge is -2.17. The van der Waals surface area contributed by atoms with Gasteiger partial charge in [-0.05, 0) is 36.1 Å². The van der Waals surface area contributed by atoms with E-state index in [1.54, 1.807) is 12.1 Å². The molecule has 0 bridgehead atoms. The first-order valence-corrected chi connectivity index (χ1v) is 9.35. The summed E-state index contributed by atoms with van der Waals surface area (Å²) in [6.07, 6.45) is 1.43. The maximum Gasteiger partial charge on any atom is 0.310 e. The molecule has 0 N–H and O–H groups in total. The largest absolute Gasteiger partial charge is 0.461 e. The van der Waals surface area contributed by atoms with E-state index in [0.29, 0.717) is 11.4 Å². The van der Waals surface area contributed by atoms with Crippen LogP contribution in [-0.4, -0.2) is 11.8 Å². The molecule has 0 aliphatic carbocycles. The first-order chi connectivity index (χ1) is 12.5. The molecule has 0 spiro atoms. The summed E-state index contributed by atoms with van der Waals surface area (Å²) in [5.41, 5.74) is 1.90. The molecule has 0 saturated carbocycles. The predicted octanol–water partition coefficient (Wildman–Crippen LogP) is 5.25. The number of ether oxygens (including phenoxy) is 1. The first-order valence-electron chi connectivity index (χ1n) is 8.97. The number of benzene rings is 2. The van der Waals surface area contributed by atoms with Crippen LogP contribution in [0.1, 0.15) is 37.8 Å². The zero-order chi connectivity index (χ0) is 18.9. The average molecular weight is 373 g/mol. The highest BCUT2D eigenvalue weighted by molar-refractivity contribution is 6.30. The van der Waals surface area contributed by atoms with Gasteiger partial charge in [0, 0.05) is 17.4 Å². The Kier molecular flexibility index (Phi) is 7.86. The Morgan fingerprint density at radius 3 is 2.27 bits per heavy atom. The van der Waals surface area contributed by atoms with Crippen molar-refractivity contribution in [3.05, 3.63) is 70.7 Å². The topological polar surface area (TPSA) is 43.4 Å². The Hall–Kier alpha value is -2.13. The highest BCUT2D eigenvalue weighted by Crippen LogP contribution is 2.20. The first kappa shape index (κ1) is 20.2. The van der Waals surface area contributed by atoms with Crippen molar-refractivity contribution in [3.63, 3.8) is 0 Å². The van der Waals surface area contributed by atoms with Crippen molar-refractivity contribution in [2.24, 2.45) is 11.8 Å². The Bertz CT molecular complexity index is 710. The van der Waals surface area contributed by atoms with Crippen LogP contribution in [0, 0.1) is 11.8 Å². The van der Waals surface area contributed by atoms with Gasteiger partial charge in [0.1, 0.15) is 12.4 Å². The number of carbonyl (C=O) groups excluding carboxylic acids is 2. The van der Waals surface area contributed by atoms with Crippen molar-refractivity contribution in [1.29, 1.82) is 0 Å². The SMILES string of the molecule is CC[C@H](C)C(=O)C[C@H](Cc1ccc(Cl)cc1)C(=O)OCc1ccccc1. The molecule has 0 aliphatic rings. The number of esters is 1. The quantitative estimate of drug-likeness (QED) is 0.565. The molecule has 0 unspecified atom stereocenters. The number of halogens is 1. The molecular formula is C22H25ClO3. The Balaban J connectivity index is 2.06. The Morgan fingerprint density at radius 1 is 1.00 bits per heavy atom. The van der Waals surface area contributed by atoms with Crippen molar-refractivity contribution < 1.29 is 14.3 Å². The van der Waals surface area contributed by atoms with E-state index in [1.165, 1.54) is 0 Å². The van der Waals surface area contributed by atoms with Crippen molar-refractivity contribution in [2.45, 2.75) is 39.7 Å². The third-order valence-electron chi connectivity index (χ3n) is 4.56. The van der Waals surface area contributed by atoms with Gasteiger partial charge in [0.15, 0.2) is 0 Å².